The molecule has 0 amide bonds. The van der Waals surface area contributed by atoms with Gasteiger partial charge in [-0.3, -0.25) is 5.32 Å². The zero-order valence-electron chi connectivity index (χ0n) is 10.8. The van der Waals surface area contributed by atoms with E-state index in [0.717, 1.165) is 24.2 Å². The molecule has 1 aromatic carbocycles. The maximum atomic E-state index is 11.7. The van der Waals surface area contributed by atoms with Crippen LogP contribution in [-0.4, -0.2) is 24.2 Å². The van der Waals surface area contributed by atoms with E-state index < -0.39 is 11.5 Å². The molecule has 2 N–H and O–H groups in total. The van der Waals surface area contributed by atoms with E-state index in [-0.39, 0.29) is 0 Å². The van der Waals surface area contributed by atoms with Crippen molar-refractivity contribution in [3.05, 3.63) is 29.8 Å². The second-order valence-electron chi connectivity index (χ2n) is 4.71. The second kappa shape index (κ2) is 4.98. The molecule has 0 heterocycles. The summed E-state index contributed by atoms with van der Waals surface area (Å²) in [5, 5.41) is 12.9. The van der Waals surface area contributed by atoms with E-state index in [1.807, 2.05) is 19.1 Å². The van der Waals surface area contributed by atoms with Gasteiger partial charge in [0.05, 0.1) is 7.11 Å². The minimum Gasteiger partial charge on any atom is -0.497 e. The first-order valence-electron chi connectivity index (χ1n) is 6.28. The molecule has 0 radical (unpaired) electrons. The van der Waals surface area contributed by atoms with Crippen LogP contribution in [0.15, 0.2) is 24.3 Å². The maximum absolute atomic E-state index is 11.7. The Balaban J connectivity index is 2.33. The summed E-state index contributed by atoms with van der Waals surface area (Å²) >= 11 is 0. The van der Waals surface area contributed by atoms with Gasteiger partial charge in [-0.2, -0.15) is 0 Å². The predicted molar refractivity (Wildman–Crippen MR) is 68.8 cm³/mol. The zero-order valence-corrected chi connectivity index (χ0v) is 10.8. The monoisotopic (exact) mass is 249 g/mol. The van der Waals surface area contributed by atoms with Crippen molar-refractivity contribution < 1.29 is 14.6 Å². The smallest absolute Gasteiger partial charge is 0.328 e. The highest BCUT2D eigenvalue weighted by atomic mass is 16.5. The third kappa shape index (κ3) is 2.34. The van der Waals surface area contributed by atoms with E-state index in [1.54, 1.807) is 19.2 Å². The van der Waals surface area contributed by atoms with Crippen molar-refractivity contribution in [2.45, 2.75) is 37.8 Å². The van der Waals surface area contributed by atoms with Crippen LogP contribution in [0.5, 0.6) is 5.75 Å². The third-order valence-electron chi connectivity index (χ3n) is 3.51. The van der Waals surface area contributed by atoms with Gasteiger partial charge in [0.25, 0.3) is 0 Å². The molecule has 4 heteroatoms. The fourth-order valence-corrected chi connectivity index (χ4v) is 2.18. The molecule has 0 aliphatic heterocycles. The molecule has 4 nitrogen and oxygen atoms in total. The summed E-state index contributed by atoms with van der Waals surface area (Å²) < 4.78 is 5.10. The summed E-state index contributed by atoms with van der Waals surface area (Å²) in [6.07, 6.45) is 2.64. The number of carboxylic acid groups (broad SMARTS) is 1. The number of carbonyl (C=O) groups is 1. The average Bonchev–Trinajstić information content (AvgIpc) is 3.19. The van der Waals surface area contributed by atoms with E-state index in [2.05, 4.69) is 5.32 Å². The highest BCUT2D eigenvalue weighted by molar-refractivity contribution is 5.81. The predicted octanol–water partition coefficient (Wildman–Crippen LogP) is 2.14. The maximum Gasteiger partial charge on any atom is 0.328 e. The molecule has 0 bridgehead atoms. The molecule has 1 aromatic rings. The fourth-order valence-electron chi connectivity index (χ4n) is 2.18. The first kappa shape index (κ1) is 12.9. The van der Waals surface area contributed by atoms with Crippen LogP contribution >= 0.6 is 0 Å². The molecule has 98 valence electrons. The molecule has 0 saturated heterocycles. The number of aliphatic carboxylic acids is 1. The lowest BCUT2D eigenvalue weighted by molar-refractivity contribution is -0.145. The largest absolute Gasteiger partial charge is 0.497 e. The van der Waals surface area contributed by atoms with Crippen molar-refractivity contribution in [1.82, 2.24) is 5.32 Å². The van der Waals surface area contributed by atoms with Crippen molar-refractivity contribution in [3.8, 4) is 5.75 Å². The number of hydrogen-bond donors (Lipinski definition) is 2. The number of methoxy groups -OCH3 is 1. The van der Waals surface area contributed by atoms with Crippen LogP contribution in [0.4, 0.5) is 0 Å². The SMILES string of the molecule is CCC(NC1CC1)(C(=O)O)c1ccc(OC)cc1. The summed E-state index contributed by atoms with van der Waals surface area (Å²) in [6.45, 7) is 1.90. The lowest BCUT2D eigenvalue weighted by Gasteiger charge is -2.30. The average molecular weight is 249 g/mol. The third-order valence-corrected chi connectivity index (χ3v) is 3.51. The molecule has 0 spiro atoms. The number of hydrogen-bond acceptors (Lipinski definition) is 3. The van der Waals surface area contributed by atoms with Crippen molar-refractivity contribution in [2.24, 2.45) is 0 Å². The van der Waals surface area contributed by atoms with Gasteiger partial charge in [-0.25, -0.2) is 4.79 Å². The Morgan fingerprint density at radius 3 is 2.44 bits per heavy atom. The summed E-state index contributed by atoms with van der Waals surface area (Å²) in [6, 6.07) is 7.59. The Hall–Kier alpha value is -1.55. The van der Waals surface area contributed by atoms with Gasteiger partial charge >= 0.3 is 5.97 Å². The molecule has 1 aliphatic rings. The van der Waals surface area contributed by atoms with Crippen molar-refractivity contribution in [2.75, 3.05) is 7.11 Å². The lowest BCUT2D eigenvalue weighted by Crippen LogP contribution is -2.49. The summed E-state index contributed by atoms with van der Waals surface area (Å²) in [5.41, 5.74) is -0.196. The van der Waals surface area contributed by atoms with Gasteiger partial charge in [0.15, 0.2) is 0 Å². The van der Waals surface area contributed by atoms with Gasteiger partial charge in [-0.15, -0.1) is 0 Å². The minimum atomic E-state index is -0.979. The summed E-state index contributed by atoms with van der Waals surface area (Å²) in [7, 11) is 1.60. The number of carboxylic acids is 1. The number of benzene rings is 1. The molecular formula is C14H19NO3. The standard InChI is InChI=1S/C14H19NO3/c1-3-14(13(16)17,15-11-6-7-11)10-4-8-12(18-2)9-5-10/h4-5,8-9,11,15H,3,6-7H2,1-2H3,(H,16,17). The van der Waals surface area contributed by atoms with E-state index >= 15 is 0 Å². The number of rotatable bonds is 6. The molecule has 2 rings (SSSR count). The number of ether oxygens (including phenoxy) is 1. The molecule has 1 saturated carbocycles. The summed E-state index contributed by atoms with van der Waals surface area (Å²) in [5.74, 6) is -0.0809. The van der Waals surface area contributed by atoms with Gasteiger partial charge < -0.3 is 9.84 Å². The molecule has 1 unspecified atom stereocenters. The van der Waals surface area contributed by atoms with Crippen LogP contribution in [-0.2, 0) is 10.3 Å². The second-order valence-corrected chi connectivity index (χ2v) is 4.71. The first-order chi connectivity index (χ1) is 8.62. The van der Waals surface area contributed by atoms with Crippen LogP contribution in [0.3, 0.4) is 0 Å². The van der Waals surface area contributed by atoms with E-state index in [1.165, 1.54) is 0 Å². The Labute approximate surface area is 107 Å². The molecular weight excluding hydrogens is 230 g/mol. The quantitative estimate of drug-likeness (QED) is 0.811. The van der Waals surface area contributed by atoms with Crippen LogP contribution in [0.25, 0.3) is 0 Å². The number of nitrogens with one attached hydrogen (secondary N) is 1. The highest BCUT2D eigenvalue weighted by Crippen LogP contribution is 2.32. The van der Waals surface area contributed by atoms with E-state index in [9.17, 15) is 9.90 Å². The molecule has 0 aromatic heterocycles. The lowest BCUT2D eigenvalue weighted by atomic mass is 9.87. The van der Waals surface area contributed by atoms with Gasteiger partial charge in [0.2, 0.25) is 0 Å². The van der Waals surface area contributed by atoms with Gasteiger partial charge in [-0.05, 0) is 37.0 Å². The Kier molecular flexibility index (Phi) is 3.57. The Morgan fingerprint density at radius 1 is 1.44 bits per heavy atom. The topological polar surface area (TPSA) is 58.6 Å². The fraction of sp³-hybridized carbons (Fsp3) is 0.500. The van der Waals surface area contributed by atoms with Crippen LogP contribution in [0, 0.1) is 0 Å². The van der Waals surface area contributed by atoms with Crippen molar-refractivity contribution >= 4 is 5.97 Å². The van der Waals surface area contributed by atoms with Crippen LogP contribution in [0.2, 0.25) is 0 Å². The van der Waals surface area contributed by atoms with Crippen LogP contribution < -0.4 is 10.1 Å². The normalized spacial score (nSPS) is 18.1. The summed E-state index contributed by atoms with van der Waals surface area (Å²) in [4.78, 5) is 11.7. The Bertz CT molecular complexity index is 425. The molecule has 1 aliphatic carbocycles. The first-order valence-corrected chi connectivity index (χ1v) is 6.28. The van der Waals surface area contributed by atoms with Gasteiger partial charge in [0, 0.05) is 6.04 Å². The van der Waals surface area contributed by atoms with Crippen molar-refractivity contribution in [1.29, 1.82) is 0 Å². The zero-order chi connectivity index (χ0) is 13.2. The minimum absolute atomic E-state index is 0.336. The molecule has 1 atom stereocenters. The van der Waals surface area contributed by atoms with Gasteiger partial charge in [0.1, 0.15) is 11.3 Å². The van der Waals surface area contributed by atoms with Gasteiger partial charge in [-0.1, -0.05) is 19.1 Å². The molecule has 1 fully saturated rings. The van der Waals surface area contributed by atoms with E-state index in [0.29, 0.717) is 12.5 Å². The van der Waals surface area contributed by atoms with Crippen LogP contribution in [0.1, 0.15) is 31.7 Å². The molecule has 18 heavy (non-hydrogen) atoms. The Morgan fingerprint density at radius 2 is 2.06 bits per heavy atom. The van der Waals surface area contributed by atoms with Crippen molar-refractivity contribution in [3.63, 3.8) is 0 Å². The highest BCUT2D eigenvalue weighted by Gasteiger charge is 2.42. The van der Waals surface area contributed by atoms with E-state index in [4.69, 9.17) is 4.74 Å².